The average Bonchev–Trinajstić information content (AvgIpc) is 2.71. The molecule has 4 heteroatoms. The molecule has 0 saturated carbocycles. The molecule has 0 radical (unpaired) electrons. The third kappa shape index (κ3) is 1.55. The quantitative estimate of drug-likeness (QED) is 0.668. The Bertz CT molecular complexity index is 565. The Hall–Kier alpha value is -1.60. The number of rotatable bonds is 2. The van der Waals surface area contributed by atoms with Crippen molar-refractivity contribution in [2.24, 2.45) is 0 Å². The molecule has 2 rings (SSSR count). The number of nitrogens with zero attached hydrogens (tertiary/aromatic N) is 1. The third-order valence-corrected chi connectivity index (χ3v) is 2.76. The number of halogens is 1. The predicted octanol–water partition coefficient (Wildman–Crippen LogP) is 2.62. The van der Waals surface area contributed by atoms with Crippen molar-refractivity contribution in [1.82, 2.24) is 4.98 Å². The monoisotopic (exact) mass is 262 g/mol. The fourth-order valence-corrected chi connectivity index (χ4v) is 1.87. The highest BCUT2D eigenvalue weighted by Gasteiger charge is 2.13. The second-order valence-electron chi connectivity index (χ2n) is 3.10. The number of aromatic nitrogens is 1. The number of carbonyl (C=O) groups excluding carboxylic acids is 1. The summed E-state index contributed by atoms with van der Waals surface area (Å²) in [5.41, 5.74) is 1.91. The maximum atomic E-state index is 11.6. The Morgan fingerprint density at radius 1 is 1.53 bits per heavy atom. The van der Waals surface area contributed by atoms with Crippen LogP contribution in [0.3, 0.4) is 0 Å². The minimum atomic E-state index is -0.0241. The van der Waals surface area contributed by atoms with Gasteiger partial charge in [-0.3, -0.25) is 4.79 Å². The minimum absolute atomic E-state index is 0.0241. The molecule has 0 spiro atoms. The van der Waals surface area contributed by atoms with E-state index in [0.717, 1.165) is 5.52 Å². The summed E-state index contributed by atoms with van der Waals surface area (Å²) in [7, 11) is 0. The van der Waals surface area contributed by atoms with E-state index in [-0.39, 0.29) is 11.1 Å². The normalized spacial score (nSPS) is 10.1. The summed E-state index contributed by atoms with van der Waals surface area (Å²) >= 11 is 3.12. The molecular weight excluding hydrogens is 256 g/mol. The van der Waals surface area contributed by atoms with Gasteiger partial charge in [0, 0.05) is 22.7 Å². The lowest BCUT2D eigenvalue weighted by Gasteiger charge is -1.96. The number of nitriles is 1. The number of ketones is 1. The Labute approximate surface area is 94.8 Å². The van der Waals surface area contributed by atoms with Crippen molar-refractivity contribution in [3.8, 4) is 6.07 Å². The summed E-state index contributed by atoms with van der Waals surface area (Å²) in [6.07, 6.45) is 1.65. The summed E-state index contributed by atoms with van der Waals surface area (Å²) in [6.45, 7) is 0. The summed E-state index contributed by atoms with van der Waals surface area (Å²) in [5.74, 6) is -0.0241. The van der Waals surface area contributed by atoms with Crippen LogP contribution in [0.1, 0.15) is 15.9 Å². The molecule has 1 heterocycles. The number of Topliss-reactive ketones (excluding diaryl/α,β-unsaturated/α-hetero) is 1. The number of nitrogens with one attached hydrogen (secondary N) is 1. The molecule has 1 aromatic carbocycles. The molecule has 0 aliphatic rings. The van der Waals surface area contributed by atoms with Crippen molar-refractivity contribution in [3.63, 3.8) is 0 Å². The molecule has 0 atom stereocenters. The Kier molecular flexibility index (Phi) is 2.57. The van der Waals surface area contributed by atoms with E-state index in [9.17, 15) is 4.79 Å². The van der Waals surface area contributed by atoms with E-state index in [0.29, 0.717) is 16.5 Å². The molecule has 1 N–H and O–H groups in total. The largest absolute Gasteiger partial charge is 0.360 e. The van der Waals surface area contributed by atoms with Crippen LogP contribution in [0.4, 0.5) is 0 Å². The topological polar surface area (TPSA) is 56.6 Å². The van der Waals surface area contributed by atoms with Gasteiger partial charge in [0.05, 0.1) is 17.0 Å². The molecule has 0 bridgehead atoms. The second-order valence-corrected chi connectivity index (χ2v) is 3.66. The van der Waals surface area contributed by atoms with Crippen LogP contribution in [0.15, 0.2) is 24.4 Å². The maximum Gasteiger partial charge on any atom is 0.175 e. The van der Waals surface area contributed by atoms with Gasteiger partial charge in [-0.1, -0.05) is 22.0 Å². The summed E-state index contributed by atoms with van der Waals surface area (Å²) in [4.78, 5) is 14.6. The first-order valence-corrected chi connectivity index (χ1v) is 5.49. The first-order chi connectivity index (χ1) is 7.27. The maximum absolute atomic E-state index is 11.6. The zero-order valence-electron chi connectivity index (χ0n) is 7.75. The number of alkyl halides is 1. The standard InChI is InChI=1S/C11H7BrN2O/c12-4-10(15)8-6-14-9-3-1-2-7(5-13)11(8)9/h1-3,6,14H,4H2. The molecule has 0 unspecified atom stereocenters. The fourth-order valence-electron chi connectivity index (χ4n) is 1.57. The smallest absolute Gasteiger partial charge is 0.175 e. The number of aromatic amines is 1. The van der Waals surface area contributed by atoms with E-state index in [1.807, 2.05) is 6.07 Å². The minimum Gasteiger partial charge on any atom is -0.360 e. The van der Waals surface area contributed by atoms with Gasteiger partial charge in [-0.2, -0.15) is 5.26 Å². The fraction of sp³-hybridized carbons (Fsp3) is 0.0909. The van der Waals surface area contributed by atoms with Crippen LogP contribution in [0.2, 0.25) is 0 Å². The van der Waals surface area contributed by atoms with Crippen LogP contribution in [0, 0.1) is 11.3 Å². The number of fused-ring (bicyclic) bond motifs is 1. The third-order valence-electron chi connectivity index (χ3n) is 2.25. The number of carbonyl (C=O) groups is 1. The van der Waals surface area contributed by atoms with E-state index in [1.54, 1.807) is 18.3 Å². The Balaban J connectivity index is 2.78. The molecule has 2 aromatic rings. The summed E-state index contributed by atoms with van der Waals surface area (Å²) in [6, 6.07) is 7.44. The molecular formula is C11H7BrN2O. The van der Waals surface area contributed by atoms with Crippen LogP contribution in [-0.4, -0.2) is 16.1 Å². The van der Waals surface area contributed by atoms with E-state index in [4.69, 9.17) is 5.26 Å². The van der Waals surface area contributed by atoms with Gasteiger partial charge in [0.25, 0.3) is 0 Å². The van der Waals surface area contributed by atoms with Gasteiger partial charge in [-0.05, 0) is 12.1 Å². The molecule has 0 aliphatic heterocycles. The van der Waals surface area contributed by atoms with Crippen LogP contribution in [-0.2, 0) is 0 Å². The Morgan fingerprint density at radius 3 is 3.00 bits per heavy atom. The lowest BCUT2D eigenvalue weighted by Crippen LogP contribution is -1.98. The number of H-pyrrole nitrogens is 1. The van der Waals surface area contributed by atoms with Gasteiger partial charge in [0.15, 0.2) is 5.78 Å². The van der Waals surface area contributed by atoms with Gasteiger partial charge >= 0.3 is 0 Å². The molecule has 0 fully saturated rings. The number of hydrogen-bond donors (Lipinski definition) is 1. The zero-order chi connectivity index (χ0) is 10.8. The number of hydrogen-bond acceptors (Lipinski definition) is 2. The Morgan fingerprint density at radius 2 is 2.33 bits per heavy atom. The second kappa shape index (κ2) is 3.87. The molecule has 15 heavy (non-hydrogen) atoms. The van der Waals surface area contributed by atoms with Gasteiger partial charge < -0.3 is 4.98 Å². The summed E-state index contributed by atoms with van der Waals surface area (Å²) in [5, 5.41) is 9.92. The van der Waals surface area contributed by atoms with Crippen molar-refractivity contribution in [2.45, 2.75) is 0 Å². The number of benzene rings is 1. The molecule has 0 saturated heterocycles. The molecule has 74 valence electrons. The highest BCUT2D eigenvalue weighted by atomic mass is 79.9. The van der Waals surface area contributed by atoms with Crippen LogP contribution in [0.5, 0.6) is 0 Å². The SMILES string of the molecule is N#Cc1cccc2[nH]cc(C(=O)CBr)c12. The van der Waals surface area contributed by atoms with E-state index >= 15 is 0 Å². The van der Waals surface area contributed by atoms with Crippen LogP contribution in [0.25, 0.3) is 10.9 Å². The lowest BCUT2D eigenvalue weighted by molar-refractivity contribution is 0.102. The van der Waals surface area contributed by atoms with Gasteiger partial charge in [-0.25, -0.2) is 0 Å². The average molecular weight is 263 g/mol. The first-order valence-electron chi connectivity index (χ1n) is 4.37. The first kappa shape index (κ1) is 9.94. The van der Waals surface area contributed by atoms with E-state index in [2.05, 4.69) is 27.0 Å². The molecule has 3 nitrogen and oxygen atoms in total. The highest BCUT2D eigenvalue weighted by molar-refractivity contribution is 9.09. The van der Waals surface area contributed by atoms with E-state index < -0.39 is 0 Å². The predicted molar refractivity (Wildman–Crippen MR) is 61.1 cm³/mol. The highest BCUT2D eigenvalue weighted by Crippen LogP contribution is 2.22. The lowest BCUT2D eigenvalue weighted by atomic mass is 10.1. The van der Waals surface area contributed by atoms with Crippen molar-refractivity contribution in [3.05, 3.63) is 35.5 Å². The van der Waals surface area contributed by atoms with Crippen molar-refractivity contribution in [2.75, 3.05) is 5.33 Å². The molecule has 1 aromatic heterocycles. The van der Waals surface area contributed by atoms with Crippen LogP contribution < -0.4 is 0 Å². The van der Waals surface area contributed by atoms with Crippen molar-refractivity contribution >= 4 is 32.6 Å². The van der Waals surface area contributed by atoms with Gasteiger partial charge in [0.2, 0.25) is 0 Å². The van der Waals surface area contributed by atoms with Gasteiger partial charge in [0.1, 0.15) is 0 Å². The van der Waals surface area contributed by atoms with Crippen molar-refractivity contribution < 1.29 is 4.79 Å². The zero-order valence-corrected chi connectivity index (χ0v) is 9.34. The van der Waals surface area contributed by atoms with Crippen molar-refractivity contribution in [1.29, 1.82) is 5.26 Å². The van der Waals surface area contributed by atoms with E-state index in [1.165, 1.54) is 0 Å². The molecule has 0 amide bonds. The van der Waals surface area contributed by atoms with Crippen LogP contribution >= 0.6 is 15.9 Å². The van der Waals surface area contributed by atoms with Gasteiger partial charge in [-0.15, -0.1) is 0 Å². The molecule has 0 aliphatic carbocycles. The summed E-state index contributed by atoms with van der Waals surface area (Å²) < 4.78 is 0.